The van der Waals surface area contributed by atoms with E-state index in [0.29, 0.717) is 16.6 Å². The van der Waals surface area contributed by atoms with Crippen LogP contribution in [-0.4, -0.2) is 15.9 Å². The molecule has 0 unspecified atom stereocenters. The van der Waals surface area contributed by atoms with Crippen molar-refractivity contribution >= 4 is 39.8 Å². The number of thiazole rings is 1. The highest BCUT2D eigenvalue weighted by Crippen LogP contribution is 2.27. The zero-order chi connectivity index (χ0) is 13.0. The third-order valence-corrected chi connectivity index (χ3v) is 3.85. The van der Waals surface area contributed by atoms with Crippen LogP contribution in [0, 0.1) is 0 Å². The summed E-state index contributed by atoms with van der Waals surface area (Å²) in [5.74, 6) is 0.564. The molecule has 2 aromatic rings. The first-order valence-electron chi connectivity index (χ1n) is 5.20. The Bertz CT molecular complexity index is 555. The fraction of sp³-hybridized carbons (Fsp3) is 0.182. The number of anilines is 2. The van der Waals surface area contributed by atoms with Gasteiger partial charge in [-0.1, -0.05) is 11.8 Å². The van der Waals surface area contributed by atoms with Crippen molar-refractivity contribution in [3.05, 3.63) is 29.4 Å². The van der Waals surface area contributed by atoms with Crippen LogP contribution in [0.2, 0.25) is 0 Å². The van der Waals surface area contributed by atoms with Crippen molar-refractivity contribution < 1.29 is 4.79 Å². The molecule has 2 heterocycles. The van der Waals surface area contributed by atoms with Crippen molar-refractivity contribution in [3.8, 4) is 0 Å². The van der Waals surface area contributed by atoms with Gasteiger partial charge in [0.25, 0.3) is 0 Å². The van der Waals surface area contributed by atoms with Crippen molar-refractivity contribution in [1.82, 2.24) is 9.97 Å². The molecule has 2 rings (SSSR count). The van der Waals surface area contributed by atoms with Crippen molar-refractivity contribution in [2.24, 2.45) is 0 Å². The van der Waals surface area contributed by atoms with Crippen LogP contribution in [0.3, 0.4) is 0 Å². The van der Waals surface area contributed by atoms with Gasteiger partial charge in [-0.3, -0.25) is 4.79 Å². The first kappa shape index (κ1) is 12.8. The van der Waals surface area contributed by atoms with E-state index in [4.69, 9.17) is 5.73 Å². The van der Waals surface area contributed by atoms with Gasteiger partial charge in [-0.25, -0.2) is 9.97 Å². The Morgan fingerprint density at radius 2 is 2.44 bits per heavy atom. The first-order valence-corrected chi connectivity index (χ1v) is 7.07. The maximum atomic E-state index is 10.9. The number of hydrogen-bond acceptors (Lipinski definition) is 6. The molecule has 0 saturated carbocycles. The number of nitrogens with one attached hydrogen (secondary N) is 1. The molecule has 0 bridgehead atoms. The highest BCUT2D eigenvalue weighted by molar-refractivity contribution is 7.98. The molecule has 0 aliphatic heterocycles. The second-order valence-corrected chi connectivity index (χ2v) is 5.33. The first-order chi connectivity index (χ1) is 8.65. The molecule has 0 aliphatic rings. The number of rotatable bonds is 4. The summed E-state index contributed by atoms with van der Waals surface area (Å²) in [6, 6.07) is 3.62. The van der Waals surface area contributed by atoms with Gasteiger partial charge in [-0.15, -0.1) is 11.3 Å². The summed E-state index contributed by atoms with van der Waals surface area (Å²) in [6.45, 7) is 1.46. The van der Waals surface area contributed by atoms with Crippen molar-refractivity contribution in [2.45, 2.75) is 17.7 Å². The normalized spacial score (nSPS) is 10.3. The highest BCUT2D eigenvalue weighted by atomic mass is 32.2. The Hall–Kier alpha value is -1.60. The van der Waals surface area contributed by atoms with Crippen LogP contribution in [-0.2, 0) is 10.5 Å². The van der Waals surface area contributed by atoms with E-state index < -0.39 is 0 Å². The fourth-order valence-corrected chi connectivity index (χ4v) is 2.91. The molecule has 0 aliphatic carbocycles. The Labute approximate surface area is 113 Å². The maximum Gasteiger partial charge on any atom is 0.223 e. The summed E-state index contributed by atoms with van der Waals surface area (Å²) in [5.41, 5.74) is 7.37. The number of aromatic nitrogens is 2. The van der Waals surface area contributed by atoms with Gasteiger partial charge in [0.1, 0.15) is 5.03 Å². The van der Waals surface area contributed by atoms with Crippen LogP contribution >= 0.6 is 23.1 Å². The van der Waals surface area contributed by atoms with Gasteiger partial charge < -0.3 is 11.1 Å². The lowest BCUT2D eigenvalue weighted by Crippen LogP contribution is -2.05. The Morgan fingerprint density at radius 3 is 3.17 bits per heavy atom. The third kappa shape index (κ3) is 3.44. The number of nitrogens with two attached hydrogens (primary N) is 1. The largest absolute Gasteiger partial charge is 0.397 e. The van der Waals surface area contributed by atoms with E-state index in [9.17, 15) is 4.79 Å². The zero-order valence-electron chi connectivity index (χ0n) is 9.71. The van der Waals surface area contributed by atoms with E-state index in [-0.39, 0.29) is 5.91 Å². The smallest absolute Gasteiger partial charge is 0.223 e. The van der Waals surface area contributed by atoms with Crippen LogP contribution in [0.4, 0.5) is 10.8 Å². The number of carbonyl (C=O) groups excluding carboxylic acids is 1. The Kier molecular flexibility index (Phi) is 4.16. The maximum absolute atomic E-state index is 10.9. The molecule has 0 fully saturated rings. The van der Waals surface area contributed by atoms with Crippen molar-refractivity contribution in [2.75, 3.05) is 11.1 Å². The van der Waals surface area contributed by atoms with E-state index in [2.05, 4.69) is 15.3 Å². The van der Waals surface area contributed by atoms with Gasteiger partial charge in [-0.2, -0.15) is 0 Å². The monoisotopic (exact) mass is 280 g/mol. The van der Waals surface area contributed by atoms with Gasteiger partial charge in [0.15, 0.2) is 5.13 Å². The SMILES string of the molecule is CC(=O)Nc1nc(CSc2ncccc2N)cs1. The van der Waals surface area contributed by atoms with E-state index in [1.165, 1.54) is 30.0 Å². The molecule has 7 heteroatoms. The van der Waals surface area contributed by atoms with Crippen molar-refractivity contribution in [3.63, 3.8) is 0 Å². The third-order valence-electron chi connectivity index (χ3n) is 1.99. The molecule has 0 radical (unpaired) electrons. The van der Waals surface area contributed by atoms with E-state index in [1.54, 1.807) is 12.3 Å². The minimum absolute atomic E-state index is 0.113. The summed E-state index contributed by atoms with van der Waals surface area (Å²) in [7, 11) is 0. The molecule has 1 amide bonds. The topological polar surface area (TPSA) is 80.9 Å². The predicted octanol–water partition coefficient (Wildman–Crippen LogP) is 2.37. The number of pyridine rings is 1. The average Bonchev–Trinajstić information content (AvgIpc) is 2.75. The molecular formula is C11H12N4OS2. The second-order valence-electron chi connectivity index (χ2n) is 3.51. The number of nitrogens with zero attached hydrogens (tertiary/aromatic N) is 2. The van der Waals surface area contributed by atoms with E-state index >= 15 is 0 Å². The van der Waals surface area contributed by atoms with E-state index in [1.807, 2.05) is 11.4 Å². The molecule has 0 spiro atoms. The second kappa shape index (κ2) is 5.83. The Balaban J connectivity index is 1.96. The molecule has 0 atom stereocenters. The number of thioether (sulfide) groups is 1. The van der Waals surface area contributed by atoms with Gasteiger partial charge in [0, 0.05) is 24.3 Å². The van der Waals surface area contributed by atoms with Gasteiger partial charge in [0.2, 0.25) is 5.91 Å². The molecule has 3 N–H and O–H groups in total. The fourth-order valence-electron chi connectivity index (χ4n) is 1.25. The summed E-state index contributed by atoms with van der Waals surface area (Å²) in [4.78, 5) is 19.4. The zero-order valence-corrected chi connectivity index (χ0v) is 11.3. The van der Waals surface area contributed by atoms with Crippen molar-refractivity contribution in [1.29, 1.82) is 0 Å². The summed E-state index contributed by atoms with van der Waals surface area (Å²) in [5, 5.41) is 5.98. The average molecular weight is 280 g/mol. The number of hydrogen-bond donors (Lipinski definition) is 2. The van der Waals surface area contributed by atoms with E-state index in [0.717, 1.165) is 10.7 Å². The number of carbonyl (C=O) groups is 1. The molecule has 94 valence electrons. The van der Waals surface area contributed by atoms with Crippen LogP contribution in [0.1, 0.15) is 12.6 Å². The molecule has 0 saturated heterocycles. The minimum atomic E-state index is -0.113. The van der Waals surface area contributed by atoms with Gasteiger partial charge in [0.05, 0.1) is 11.4 Å². The van der Waals surface area contributed by atoms with Crippen LogP contribution in [0.5, 0.6) is 0 Å². The molecular weight excluding hydrogens is 268 g/mol. The van der Waals surface area contributed by atoms with Crippen LogP contribution in [0.25, 0.3) is 0 Å². The highest BCUT2D eigenvalue weighted by Gasteiger charge is 2.06. The summed E-state index contributed by atoms with van der Waals surface area (Å²) in [6.07, 6.45) is 1.71. The van der Waals surface area contributed by atoms with Crippen LogP contribution in [0.15, 0.2) is 28.7 Å². The van der Waals surface area contributed by atoms with Crippen LogP contribution < -0.4 is 11.1 Å². The molecule has 5 nitrogen and oxygen atoms in total. The van der Waals surface area contributed by atoms with Gasteiger partial charge >= 0.3 is 0 Å². The minimum Gasteiger partial charge on any atom is -0.397 e. The lowest BCUT2D eigenvalue weighted by atomic mass is 10.4. The molecule has 18 heavy (non-hydrogen) atoms. The molecule has 2 aromatic heterocycles. The lowest BCUT2D eigenvalue weighted by molar-refractivity contribution is -0.114. The van der Waals surface area contributed by atoms with Gasteiger partial charge in [-0.05, 0) is 12.1 Å². The summed E-state index contributed by atoms with van der Waals surface area (Å²) >= 11 is 2.94. The number of amides is 1. The standard InChI is InChI=1S/C11H12N4OS2/c1-7(16)14-11-15-8(6-18-11)5-17-10-9(12)3-2-4-13-10/h2-4,6H,5,12H2,1H3,(H,14,15,16). The Morgan fingerprint density at radius 1 is 1.61 bits per heavy atom. The lowest BCUT2D eigenvalue weighted by Gasteiger charge is -2.01. The quantitative estimate of drug-likeness (QED) is 0.840. The number of nitrogen functional groups attached to an aromatic ring is 1. The molecule has 0 aromatic carbocycles. The predicted molar refractivity (Wildman–Crippen MR) is 74.6 cm³/mol. The summed E-state index contributed by atoms with van der Waals surface area (Å²) < 4.78 is 0.